The Morgan fingerprint density at radius 3 is 2.57 bits per heavy atom. The third-order valence-electron chi connectivity index (χ3n) is 6.62. The molecule has 0 radical (unpaired) electrons. The number of likely N-dealkylation sites (tertiary alicyclic amines) is 1. The van der Waals surface area contributed by atoms with Gasteiger partial charge in [-0.1, -0.05) is 6.07 Å². The van der Waals surface area contributed by atoms with Gasteiger partial charge < -0.3 is 15.0 Å². The highest BCUT2D eigenvalue weighted by molar-refractivity contribution is 6.24. The zero-order valence-corrected chi connectivity index (χ0v) is 19.3. The summed E-state index contributed by atoms with van der Waals surface area (Å²) in [6.07, 6.45) is 3.89. The highest BCUT2D eigenvalue weighted by Gasteiger charge is 2.46. The van der Waals surface area contributed by atoms with E-state index in [1.165, 1.54) is 6.07 Å². The number of fused-ring (bicyclic) bond motifs is 1. The number of ether oxygens (including phenoxy) is 1. The van der Waals surface area contributed by atoms with E-state index in [0.717, 1.165) is 17.7 Å². The number of carbonyl (C=O) groups excluding carboxylic acids is 6. The SMILES string of the molecule is O=CNC1CCN(C(=O)CCCCOc2cccc3c2C(=O)N(C2CCC(=O)NC2=O)C3=O)CC1. The van der Waals surface area contributed by atoms with Gasteiger partial charge in [0.2, 0.25) is 24.1 Å². The first-order valence-electron chi connectivity index (χ1n) is 11.9. The van der Waals surface area contributed by atoms with Crippen LogP contribution in [0.15, 0.2) is 18.2 Å². The van der Waals surface area contributed by atoms with Gasteiger partial charge in [0.25, 0.3) is 11.8 Å². The molecule has 6 amide bonds. The molecule has 1 unspecified atom stereocenters. The quantitative estimate of drug-likeness (QED) is 0.293. The van der Waals surface area contributed by atoms with Crippen molar-refractivity contribution in [3.63, 3.8) is 0 Å². The maximum Gasteiger partial charge on any atom is 0.266 e. The van der Waals surface area contributed by atoms with Crippen molar-refractivity contribution in [3.05, 3.63) is 29.3 Å². The molecule has 0 spiro atoms. The first kappa shape index (κ1) is 24.4. The van der Waals surface area contributed by atoms with Gasteiger partial charge in [-0.25, -0.2) is 0 Å². The van der Waals surface area contributed by atoms with E-state index in [2.05, 4.69) is 10.6 Å². The molecule has 11 nitrogen and oxygen atoms in total. The third-order valence-corrected chi connectivity index (χ3v) is 6.62. The molecule has 3 aliphatic heterocycles. The Kier molecular flexibility index (Phi) is 7.42. The second kappa shape index (κ2) is 10.7. The number of carbonyl (C=O) groups is 6. The third kappa shape index (κ3) is 5.18. The van der Waals surface area contributed by atoms with Gasteiger partial charge in [-0.15, -0.1) is 0 Å². The second-order valence-electron chi connectivity index (χ2n) is 8.87. The molecule has 1 aromatic carbocycles. The van der Waals surface area contributed by atoms with Gasteiger partial charge in [0.15, 0.2) is 0 Å². The molecular formula is C24H28N4O7. The minimum atomic E-state index is -1.03. The van der Waals surface area contributed by atoms with E-state index in [0.29, 0.717) is 38.8 Å². The van der Waals surface area contributed by atoms with Gasteiger partial charge in [-0.05, 0) is 44.2 Å². The van der Waals surface area contributed by atoms with Crippen LogP contribution in [-0.2, 0) is 19.2 Å². The van der Waals surface area contributed by atoms with Gasteiger partial charge in [0.1, 0.15) is 11.8 Å². The molecule has 1 aromatic rings. The van der Waals surface area contributed by atoms with Crippen molar-refractivity contribution in [2.45, 2.75) is 57.0 Å². The Labute approximate surface area is 202 Å². The van der Waals surface area contributed by atoms with Crippen LogP contribution in [0.25, 0.3) is 0 Å². The van der Waals surface area contributed by atoms with Crippen molar-refractivity contribution >= 4 is 35.9 Å². The Hall–Kier alpha value is -3.76. The first-order chi connectivity index (χ1) is 16.9. The summed E-state index contributed by atoms with van der Waals surface area (Å²) in [5, 5.41) is 4.93. The average molecular weight is 485 g/mol. The predicted octanol–water partition coefficient (Wildman–Crippen LogP) is 0.374. The summed E-state index contributed by atoms with van der Waals surface area (Å²) in [5.74, 6) is -1.96. The number of hydrogen-bond acceptors (Lipinski definition) is 7. The molecular weight excluding hydrogens is 456 g/mol. The van der Waals surface area contributed by atoms with E-state index in [4.69, 9.17) is 4.74 Å². The van der Waals surface area contributed by atoms with Crippen LogP contribution in [0.4, 0.5) is 0 Å². The fraction of sp³-hybridized carbons (Fsp3) is 0.500. The van der Waals surface area contributed by atoms with Crippen molar-refractivity contribution in [1.82, 2.24) is 20.4 Å². The minimum Gasteiger partial charge on any atom is -0.493 e. The molecule has 2 saturated heterocycles. The number of imide groups is 2. The minimum absolute atomic E-state index is 0.0551. The number of benzene rings is 1. The van der Waals surface area contributed by atoms with Crippen molar-refractivity contribution in [2.75, 3.05) is 19.7 Å². The number of amides is 6. The van der Waals surface area contributed by atoms with Crippen LogP contribution in [-0.4, -0.2) is 77.5 Å². The fourth-order valence-corrected chi connectivity index (χ4v) is 4.71. The number of nitrogens with zero attached hydrogens (tertiary/aromatic N) is 2. The fourth-order valence-electron chi connectivity index (χ4n) is 4.71. The summed E-state index contributed by atoms with van der Waals surface area (Å²) in [6.45, 7) is 1.50. The molecule has 0 aliphatic carbocycles. The molecule has 186 valence electrons. The number of piperidine rings is 2. The molecule has 0 bridgehead atoms. The Morgan fingerprint density at radius 1 is 1.09 bits per heavy atom. The summed E-state index contributed by atoms with van der Waals surface area (Å²) >= 11 is 0. The smallest absolute Gasteiger partial charge is 0.266 e. The summed E-state index contributed by atoms with van der Waals surface area (Å²) < 4.78 is 5.79. The summed E-state index contributed by atoms with van der Waals surface area (Å²) in [5.41, 5.74) is 0.282. The molecule has 2 N–H and O–H groups in total. The van der Waals surface area contributed by atoms with Crippen molar-refractivity contribution in [3.8, 4) is 5.75 Å². The highest BCUT2D eigenvalue weighted by Crippen LogP contribution is 2.33. The maximum absolute atomic E-state index is 13.1. The van der Waals surface area contributed by atoms with Crippen LogP contribution >= 0.6 is 0 Å². The topological polar surface area (TPSA) is 142 Å². The van der Waals surface area contributed by atoms with Crippen LogP contribution in [0, 0.1) is 0 Å². The zero-order chi connectivity index (χ0) is 24.9. The van der Waals surface area contributed by atoms with Crippen LogP contribution in [0.2, 0.25) is 0 Å². The van der Waals surface area contributed by atoms with Gasteiger partial charge in [-0.2, -0.15) is 0 Å². The summed E-state index contributed by atoms with van der Waals surface area (Å²) in [6, 6.07) is 3.82. The van der Waals surface area contributed by atoms with Crippen molar-refractivity contribution in [1.29, 1.82) is 0 Å². The molecule has 3 aliphatic rings. The Balaban J connectivity index is 1.28. The first-order valence-corrected chi connectivity index (χ1v) is 11.9. The summed E-state index contributed by atoms with van der Waals surface area (Å²) in [7, 11) is 0. The molecule has 0 saturated carbocycles. The van der Waals surface area contributed by atoms with E-state index < -0.39 is 29.7 Å². The normalized spacial score (nSPS) is 20.5. The number of unbranched alkanes of at least 4 members (excludes halogenated alkanes) is 1. The molecule has 3 heterocycles. The van der Waals surface area contributed by atoms with E-state index in [1.807, 2.05) is 4.90 Å². The predicted molar refractivity (Wildman–Crippen MR) is 121 cm³/mol. The average Bonchev–Trinajstić information content (AvgIpc) is 3.10. The van der Waals surface area contributed by atoms with Crippen LogP contribution in [0.3, 0.4) is 0 Å². The van der Waals surface area contributed by atoms with Gasteiger partial charge in [0.05, 0.1) is 17.7 Å². The van der Waals surface area contributed by atoms with Crippen LogP contribution in [0.5, 0.6) is 5.75 Å². The van der Waals surface area contributed by atoms with Crippen molar-refractivity contribution < 1.29 is 33.5 Å². The van der Waals surface area contributed by atoms with E-state index in [9.17, 15) is 28.8 Å². The Bertz CT molecular complexity index is 1050. The van der Waals surface area contributed by atoms with Gasteiger partial charge >= 0.3 is 0 Å². The molecule has 11 heteroatoms. The summed E-state index contributed by atoms with van der Waals surface area (Å²) in [4.78, 5) is 75.2. The number of nitrogens with one attached hydrogen (secondary N) is 2. The highest BCUT2D eigenvalue weighted by atomic mass is 16.5. The van der Waals surface area contributed by atoms with Gasteiger partial charge in [-0.3, -0.25) is 39.0 Å². The van der Waals surface area contributed by atoms with Crippen LogP contribution in [0.1, 0.15) is 65.7 Å². The zero-order valence-electron chi connectivity index (χ0n) is 19.3. The van der Waals surface area contributed by atoms with Gasteiger partial charge in [0, 0.05) is 32.0 Å². The Morgan fingerprint density at radius 2 is 1.86 bits per heavy atom. The molecule has 0 aromatic heterocycles. The standard InChI is InChI=1S/C24H28N4O7/c29-14-25-15-9-11-27(12-10-15)20(31)6-1-2-13-35-18-5-3-4-16-21(18)24(34)28(23(16)33)17-7-8-19(30)26-22(17)32/h3-5,14-15,17H,1-2,6-13H2,(H,25,29)(H,26,30,32). The van der Waals surface area contributed by atoms with E-state index in [1.54, 1.807) is 12.1 Å². The molecule has 1 atom stereocenters. The van der Waals surface area contributed by atoms with Crippen LogP contribution < -0.4 is 15.4 Å². The number of rotatable bonds is 9. The second-order valence-corrected chi connectivity index (χ2v) is 8.87. The lowest BCUT2D eigenvalue weighted by molar-refractivity contribution is -0.136. The monoisotopic (exact) mass is 484 g/mol. The van der Waals surface area contributed by atoms with E-state index in [-0.39, 0.29) is 48.3 Å². The maximum atomic E-state index is 13.1. The largest absolute Gasteiger partial charge is 0.493 e. The molecule has 4 rings (SSSR count). The lowest BCUT2D eigenvalue weighted by Gasteiger charge is -2.31. The molecule has 35 heavy (non-hydrogen) atoms. The van der Waals surface area contributed by atoms with Crippen molar-refractivity contribution in [2.24, 2.45) is 0 Å². The lowest BCUT2D eigenvalue weighted by Crippen LogP contribution is -2.54. The lowest BCUT2D eigenvalue weighted by atomic mass is 10.0. The number of hydrogen-bond donors (Lipinski definition) is 2. The molecule has 2 fully saturated rings. The van der Waals surface area contributed by atoms with E-state index >= 15 is 0 Å².